The second kappa shape index (κ2) is 8.02. The van der Waals surface area contributed by atoms with E-state index in [1.165, 1.54) is 23.1 Å². The molecule has 0 saturated heterocycles. The van der Waals surface area contributed by atoms with E-state index in [4.69, 9.17) is 17.3 Å². The van der Waals surface area contributed by atoms with Gasteiger partial charge in [0.05, 0.1) is 5.75 Å². The van der Waals surface area contributed by atoms with Crippen LogP contribution >= 0.6 is 34.7 Å². The number of halogens is 1. The third-order valence-electron chi connectivity index (χ3n) is 3.33. The lowest BCUT2D eigenvalue weighted by molar-refractivity contribution is 0.918. The van der Waals surface area contributed by atoms with E-state index in [-0.39, 0.29) is 5.95 Å². The molecule has 11 heteroatoms. The average Bonchev–Trinajstić information content (AvgIpc) is 3.04. The summed E-state index contributed by atoms with van der Waals surface area (Å²) in [6, 6.07) is 5.69. The van der Waals surface area contributed by atoms with Crippen LogP contribution in [0.2, 0.25) is 5.02 Å². The smallest absolute Gasteiger partial charge is 0.229 e. The molecular formula is C15H17ClN8S2. The maximum absolute atomic E-state index is 6.14. The van der Waals surface area contributed by atoms with Gasteiger partial charge < -0.3 is 16.0 Å². The summed E-state index contributed by atoms with van der Waals surface area (Å²) in [6.07, 6.45) is 0. The Hall–Kier alpha value is -2.17. The van der Waals surface area contributed by atoms with Crippen LogP contribution < -0.4 is 16.0 Å². The molecule has 0 atom stereocenters. The van der Waals surface area contributed by atoms with Crippen molar-refractivity contribution in [1.29, 1.82) is 0 Å². The lowest BCUT2D eigenvalue weighted by Gasteiger charge is -2.10. The molecule has 3 rings (SSSR count). The van der Waals surface area contributed by atoms with Gasteiger partial charge in [-0.3, -0.25) is 0 Å². The third-order valence-corrected chi connectivity index (χ3v) is 5.71. The first-order chi connectivity index (χ1) is 12.4. The van der Waals surface area contributed by atoms with Crippen molar-refractivity contribution >= 4 is 57.4 Å². The van der Waals surface area contributed by atoms with Gasteiger partial charge in [0.1, 0.15) is 5.82 Å². The Morgan fingerprint density at radius 3 is 2.81 bits per heavy atom. The van der Waals surface area contributed by atoms with Gasteiger partial charge in [0, 0.05) is 24.8 Å². The first kappa shape index (κ1) is 18.6. The number of nitrogens with one attached hydrogen (secondary N) is 1. The Balaban J connectivity index is 1.67. The van der Waals surface area contributed by atoms with Crippen molar-refractivity contribution in [2.24, 2.45) is 0 Å². The van der Waals surface area contributed by atoms with Crippen molar-refractivity contribution in [3.63, 3.8) is 0 Å². The molecule has 0 fully saturated rings. The van der Waals surface area contributed by atoms with Crippen LogP contribution in [0.1, 0.15) is 11.4 Å². The molecule has 3 aromatic rings. The average molecular weight is 409 g/mol. The van der Waals surface area contributed by atoms with Crippen molar-refractivity contribution < 1.29 is 0 Å². The van der Waals surface area contributed by atoms with E-state index in [0.29, 0.717) is 27.7 Å². The molecule has 0 aliphatic heterocycles. The quantitative estimate of drug-likeness (QED) is 0.593. The predicted octanol–water partition coefficient (Wildman–Crippen LogP) is 3.37. The number of hydrogen-bond donors (Lipinski definition) is 2. The topological polar surface area (TPSA) is 106 Å². The van der Waals surface area contributed by atoms with Crippen LogP contribution in [-0.4, -0.2) is 39.2 Å². The maximum atomic E-state index is 6.14. The number of hydrogen-bond acceptors (Lipinski definition) is 10. The fourth-order valence-corrected chi connectivity index (χ4v) is 3.79. The van der Waals surface area contributed by atoms with Gasteiger partial charge in [0.2, 0.25) is 17.0 Å². The lowest BCUT2D eigenvalue weighted by atomic mass is 10.2. The van der Waals surface area contributed by atoms with Gasteiger partial charge in [0.25, 0.3) is 0 Å². The number of aromatic nitrogens is 5. The number of nitrogens with zero attached hydrogens (tertiary/aromatic N) is 6. The molecule has 0 aliphatic carbocycles. The molecule has 0 radical (unpaired) electrons. The Kier molecular flexibility index (Phi) is 5.74. The van der Waals surface area contributed by atoms with Crippen molar-refractivity contribution in [1.82, 2.24) is 25.1 Å². The van der Waals surface area contributed by atoms with Crippen molar-refractivity contribution in [2.45, 2.75) is 17.0 Å². The molecule has 0 bridgehead atoms. The van der Waals surface area contributed by atoms with E-state index >= 15 is 0 Å². The minimum atomic E-state index is 0.204. The number of nitrogen functional groups attached to an aromatic ring is 1. The molecule has 0 saturated carbocycles. The molecule has 0 amide bonds. The Morgan fingerprint density at radius 2 is 2.04 bits per heavy atom. The Labute approximate surface area is 164 Å². The van der Waals surface area contributed by atoms with Crippen LogP contribution in [0.3, 0.4) is 0 Å². The summed E-state index contributed by atoms with van der Waals surface area (Å²) in [4.78, 5) is 14.4. The van der Waals surface area contributed by atoms with Gasteiger partial charge in [-0.2, -0.15) is 15.0 Å². The van der Waals surface area contributed by atoms with E-state index in [1.54, 1.807) is 4.90 Å². The number of rotatable bonds is 6. The highest BCUT2D eigenvalue weighted by atomic mass is 35.5. The molecule has 2 heterocycles. The molecule has 136 valence electrons. The zero-order valence-corrected chi connectivity index (χ0v) is 16.8. The van der Waals surface area contributed by atoms with Gasteiger partial charge in [-0.1, -0.05) is 40.8 Å². The maximum Gasteiger partial charge on any atom is 0.229 e. The summed E-state index contributed by atoms with van der Waals surface area (Å²) in [5.41, 5.74) is 7.61. The molecule has 3 N–H and O–H groups in total. The van der Waals surface area contributed by atoms with E-state index in [1.807, 2.05) is 39.2 Å². The van der Waals surface area contributed by atoms with Crippen molar-refractivity contribution in [3.8, 4) is 0 Å². The highest BCUT2D eigenvalue weighted by Crippen LogP contribution is 2.31. The number of nitrogens with two attached hydrogens (primary N) is 1. The van der Waals surface area contributed by atoms with E-state index in [9.17, 15) is 0 Å². The number of thioether (sulfide) groups is 1. The third kappa shape index (κ3) is 4.51. The summed E-state index contributed by atoms with van der Waals surface area (Å²) in [6.45, 7) is 1.95. The largest absolute Gasteiger partial charge is 0.368 e. The van der Waals surface area contributed by atoms with Crippen molar-refractivity contribution in [2.75, 3.05) is 30.0 Å². The monoisotopic (exact) mass is 408 g/mol. The van der Waals surface area contributed by atoms with Crippen LogP contribution in [0.5, 0.6) is 0 Å². The minimum Gasteiger partial charge on any atom is -0.368 e. The van der Waals surface area contributed by atoms with Crippen LogP contribution in [0.15, 0.2) is 22.5 Å². The first-order valence-corrected chi connectivity index (χ1v) is 9.76. The molecule has 2 aromatic heterocycles. The summed E-state index contributed by atoms with van der Waals surface area (Å²) >= 11 is 9.08. The van der Waals surface area contributed by atoms with Crippen LogP contribution in [-0.2, 0) is 5.75 Å². The zero-order chi connectivity index (χ0) is 18.7. The molecule has 0 spiro atoms. The number of benzene rings is 1. The molecular weight excluding hydrogens is 392 g/mol. The normalized spacial score (nSPS) is 10.8. The van der Waals surface area contributed by atoms with Gasteiger partial charge >= 0.3 is 0 Å². The lowest BCUT2D eigenvalue weighted by Crippen LogP contribution is -2.15. The first-order valence-electron chi connectivity index (χ1n) is 7.58. The van der Waals surface area contributed by atoms with E-state index < -0.39 is 0 Å². The van der Waals surface area contributed by atoms with Crippen LogP contribution in [0.4, 0.5) is 22.7 Å². The Morgan fingerprint density at radius 1 is 1.23 bits per heavy atom. The fraction of sp³-hybridized carbons (Fsp3) is 0.267. The molecule has 0 aliphatic rings. The van der Waals surface area contributed by atoms with E-state index in [0.717, 1.165) is 15.6 Å². The summed E-state index contributed by atoms with van der Waals surface area (Å²) in [5.74, 6) is 1.86. The second-order valence-corrected chi connectivity index (χ2v) is 8.11. The van der Waals surface area contributed by atoms with Crippen LogP contribution in [0, 0.1) is 6.92 Å². The Bertz CT molecular complexity index is 914. The van der Waals surface area contributed by atoms with Gasteiger partial charge in [-0.05, 0) is 24.6 Å². The summed E-state index contributed by atoms with van der Waals surface area (Å²) < 4.78 is 0.803. The van der Waals surface area contributed by atoms with Gasteiger partial charge in [-0.15, -0.1) is 10.2 Å². The SMILES string of the molecule is Cc1c(Cl)cccc1Nc1nnc(SCc2nc(N)nc(N(C)C)n2)s1. The number of anilines is 4. The van der Waals surface area contributed by atoms with Crippen molar-refractivity contribution in [3.05, 3.63) is 34.6 Å². The highest BCUT2D eigenvalue weighted by molar-refractivity contribution is 8.00. The molecule has 0 unspecified atom stereocenters. The highest BCUT2D eigenvalue weighted by Gasteiger charge is 2.11. The molecule has 8 nitrogen and oxygen atoms in total. The molecule has 1 aromatic carbocycles. The minimum absolute atomic E-state index is 0.204. The standard InChI is InChI=1S/C15H17ClN8S2/c1-8-9(16)5-4-6-10(8)18-14-22-23-15(26-14)25-7-11-19-12(17)21-13(20-11)24(2)3/h4-6H,7H2,1-3H3,(H,18,22)(H2,17,19,20,21). The predicted molar refractivity (Wildman–Crippen MR) is 108 cm³/mol. The fourth-order valence-electron chi connectivity index (χ4n) is 1.99. The van der Waals surface area contributed by atoms with Gasteiger partial charge in [-0.25, -0.2) is 0 Å². The summed E-state index contributed by atoms with van der Waals surface area (Å²) in [5, 5.41) is 13.0. The van der Waals surface area contributed by atoms with E-state index in [2.05, 4.69) is 30.5 Å². The zero-order valence-electron chi connectivity index (χ0n) is 14.4. The summed E-state index contributed by atoms with van der Waals surface area (Å²) in [7, 11) is 3.71. The second-order valence-electron chi connectivity index (χ2n) is 5.50. The van der Waals surface area contributed by atoms with Gasteiger partial charge in [0.15, 0.2) is 4.34 Å². The van der Waals surface area contributed by atoms with Crippen LogP contribution in [0.25, 0.3) is 0 Å². The molecule has 26 heavy (non-hydrogen) atoms.